The molecule has 1 aliphatic heterocycles. The van der Waals surface area contributed by atoms with Crippen LogP contribution in [0.3, 0.4) is 0 Å². The van der Waals surface area contributed by atoms with Gasteiger partial charge in [-0.15, -0.1) is 0 Å². The molecular weight excluding hydrogens is 312 g/mol. The van der Waals surface area contributed by atoms with Gasteiger partial charge in [-0.25, -0.2) is 0 Å². The molecule has 1 unspecified atom stereocenters. The van der Waals surface area contributed by atoms with E-state index in [-0.39, 0.29) is 12.5 Å². The van der Waals surface area contributed by atoms with Crippen LogP contribution in [0, 0.1) is 0 Å². The van der Waals surface area contributed by atoms with Gasteiger partial charge in [0.2, 0.25) is 5.91 Å². The zero-order valence-electron chi connectivity index (χ0n) is 10.5. The van der Waals surface area contributed by atoms with E-state index in [0.717, 1.165) is 16.8 Å². The number of rotatable bonds is 5. The van der Waals surface area contributed by atoms with E-state index in [1.807, 2.05) is 29.2 Å². The number of nitrogens with one attached hydrogen (secondary N) is 1. The molecule has 2 rings (SSSR count). The second-order valence-corrected chi connectivity index (χ2v) is 5.42. The van der Waals surface area contributed by atoms with Crippen molar-refractivity contribution >= 4 is 21.8 Å². The Hall–Kier alpha value is -1.11. The van der Waals surface area contributed by atoms with Gasteiger partial charge in [0.25, 0.3) is 0 Å². The van der Waals surface area contributed by atoms with Crippen LogP contribution in [0.1, 0.15) is 0 Å². The van der Waals surface area contributed by atoms with Gasteiger partial charge in [-0.3, -0.25) is 9.69 Å². The molecule has 19 heavy (non-hydrogen) atoms. The fourth-order valence-electron chi connectivity index (χ4n) is 1.92. The Balaban J connectivity index is 1.73. The molecule has 2 N–H and O–H groups in total. The molecule has 1 saturated heterocycles. The van der Waals surface area contributed by atoms with Gasteiger partial charge in [-0.1, -0.05) is 15.9 Å². The molecule has 5 nitrogen and oxygen atoms in total. The molecule has 1 aromatic carbocycles. The number of aliphatic hydroxyl groups is 1. The van der Waals surface area contributed by atoms with Gasteiger partial charge < -0.3 is 15.2 Å². The van der Waals surface area contributed by atoms with E-state index in [2.05, 4.69) is 21.2 Å². The normalized spacial score (nSPS) is 17.9. The van der Waals surface area contributed by atoms with Gasteiger partial charge in [0.1, 0.15) is 18.5 Å². The van der Waals surface area contributed by atoms with Crippen LogP contribution in [0.4, 0.5) is 0 Å². The highest BCUT2D eigenvalue weighted by molar-refractivity contribution is 9.10. The van der Waals surface area contributed by atoms with Crippen LogP contribution in [0.2, 0.25) is 0 Å². The van der Waals surface area contributed by atoms with E-state index in [0.29, 0.717) is 19.6 Å². The zero-order valence-corrected chi connectivity index (χ0v) is 12.1. The number of nitrogens with zero attached hydrogens (tertiary/aromatic N) is 1. The lowest BCUT2D eigenvalue weighted by Gasteiger charge is -2.28. The van der Waals surface area contributed by atoms with E-state index < -0.39 is 6.10 Å². The number of aliphatic hydroxyl groups excluding tert-OH is 1. The average molecular weight is 329 g/mol. The van der Waals surface area contributed by atoms with Crippen molar-refractivity contribution in [3.8, 4) is 5.75 Å². The Morgan fingerprint density at radius 3 is 2.84 bits per heavy atom. The maximum absolute atomic E-state index is 11.2. The maximum Gasteiger partial charge on any atom is 0.234 e. The van der Waals surface area contributed by atoms with E-state index in [9.17, 15) is 9.90 Å². The third kappa shape index (κ3) is 4.81. The van der Waals surface area contributed by atoms with Gasteiger partial charge in [0, 0.05) is 24.1 Å². The van der Waals surface area contributed by atoms with E-state index in [1.165, 1.54) is 0 Å². The van der Waals surface area contributed by atoms with Crippen LogP contribution in [0.15, 0.2) is 28.7 Å². The van der Waals surface area contributed by atoms with Crippen LogP contribution < -0.4 is 10.1 Å². The lowest BCUT2D eigenvalue weighted by molar-refractivity contribution is -0.124. The molecule has 1 heterocycles. The number of piperazine rings is 1. The van der Waals surface area contributed by atoms with Crippen LogP contribution in [-0.4, -0.2) is 54.8 Å². The first kappa shape index (κ1) is 14.3. The van der Waals surface area contributed by atoms with Crippen molar-refractivity contribution in [3.05, 3.63) is 28.7 Å². The Labute approximate surface area is 120 Å². The van der Waals surface area contributed by atoms with Crippen LogP contribution >= 0.6 is 15.9 Å². The van der Waals surface area contributed by atoms with Crippen molar-refractivity contribution in [1.82, 2.24) is 10.2 Å². The maximum atomic E-state index is 11.2. The van der Waals surface area contributed by atoms with Crippen LogP contribution in [0.5, 0.6) is 5.75 Å². The van der Waals surface area contributed by atoms with Gasteiger partial charge in [-0.05, 0) is 24.3 Å². The summed E-state index contributed by atoms with van der Waals surface area (Å²) in [7, 11) is 0. The smallest absolute Gasteiger partial charge is 0.234 e. The molecule has 1 aromatic rings. The fraction of sp³-hybridized carbons (Fsp3) is 0.462. The van der Waals surface area contributed by atoms with Crippen LogP contribution in [0.25, 0.3) is 0 Å². The summed E-state index contributed by atoms with van der Waals surface area (Å²) < 4.78 is 6.48. The Morgan fingerprint density at radius 2 is 2.16 bits per heavy atom. The highest BCUT2D eigenvalue weighted by atomic mass is 79.9. The van der Waals surface area contributed by atoms with Crippen molar-refractivity contribution in [2.45, 2.75) is 6.10 Å². The first-order valence-electron chi connectivity index (χ1n) is 6.19. The topological polar surface area (TPSA) is 61.8 Å². The molecular formula is C13H17BrN2O3. The molecule has 0 saturated carbocycles. The summed E-state index contributed by atoms with van der Waals surface area (Å²) in [5, 5.41) is 12.6. The summed E-state index contributed by atoms with van der Waals surface area (Å²) >= 11 is 3.35. The van der Waals surface area contributed by atoms with Crippen molar-refractivity contribution in [2.24, 2.45) is 0 Å². The summed E-state index contributed by atoms with van der Waals surface area (Å²) in [4.78, 5) is 13.1. The zero-order chi connectivity index (χ0) is 13.7. The highest BCUT2D eigenvalue weighted by Gasteiger charge is 2.19. The summed E-state index contributed by atoms with van der Waals surface area (Å²) in [6, 6.07) is 7.45. The number of ether oxygens (including phenoxy) is 1. The summed E-state index contributed by atoms with van der Waals surface area (Å²) in [5.74, 6) is 0.728. The monoisotopic (exact) mass is 328 g/mol. The number of halogens is 1. The number of hydrogen-bond acceptors (Lipinski definition) is 4. The Bertz CT molecular complexity index is 424. The quantitative estimate of drug-likeness (QED) is 0.831. The predicted molar refractivity (Wildman–Crippen MR) is 75.1 cm³/mol. The number of benzene rings is 1. The van der Waals surface area contributed by atoms with Gasteiger partial charge in [0.05, 0.1) is 6.54 Å². The van der Waals surface area contributed by atoms with Gasteiger partial charge in [-0.2, -0.15) is 0 Å². The molecule has 0 aliphatic carbocycles. The SMILES string of the molecule is O=C1CN(CC(O)COc2ccc(Br)cc2)CCN1. The number of amides is 1. The second kappa shape index (κ2) is 6.88. The molecule has 0 bridgehead atoms. The lowest BCUT2D eigenvalue weighted by Crippen LogP contribution is -2.50. The third-order valence-electron chi connectivity index (χ3n) is 2.84. The minimum Gasteiger partial charge on any atom is -0.491 e. The Kier molecular flexibility index (Phi) is 5.18. The number of hydrogen-bond donors (Lipinski definition) is 2. The van der Waals surface area contributed by atoms with Gasteiger partial charge >= 0.3 is 0 Å². The molecule has 1 fully saturated rings. The summed E-state index contributed by atoms with van der Waals surface area (Å²) in [6.07, 6.45) is -0.602. The number of carbonyl (C=O) groups excluding carboxylic acids is 1. The Morgan fingerprint density at radius 1 is 1.42 bits per heavy atom. The lowest BCUT2D eigenvalue weighted by atomic mass is 10.3. The first-order valence-corrected chi connectivity index (χ1v) is 6.98. The summed E-state index contributed by atoms with van der Waals surface area (Å²) in [5.41, 5.74) is 0. The van der Waals surface area contributed by atoms with E-state index >= 15 is 0 Å². The first-order chi connectivity index (χ1) is 9.13. The largest absolute Gasteiger partial charge is 0.491 e. The molecule has 1 aliphatic rings. The minimum absolute atomic E-state index is 0.00674. The van der Waals surface area contributed by atoms with Crippen molar-refractivity contribution in [3.63, 3.8) is 0 Å². The fourth-order valence-corrected chi connectivity index (χ4v) is 2.19. The van der Waals surface area contributed by atoms with E-state index in [1.54, 1.807) is 0 Å². The second-order valence-electron chi connectivity index (χ2n) is 4.50. The molecule has 6 heteroatoms. The highest BCUT2D eigenvalue weighted by Crippen LogP contribution is 2.16. The van der Waals surface area contributed by atoms with Crippen molar-refractivity contribution < 1.29 is 14.6 Å². The summed E-state index contributed by atoms with van der Waals surface area (Å²) in [6.45, 7) is 2.42. The van der Waals surface area contributed by atoms with E-state index in [4.69, 9.17) is 4.74 Å². The molecule has 1 atom stereocenters. The predicted octanol–water partition coefficient (Wildman–Crippen LogP) is 0.621. The van der Waals surface area contributed by atoms with Crippen molar-refractivity contribution in [2.75, 3.05) is 32.8 Å². The molecule has 0 radical (unpaired) electrons. The third-order valence-corrected chi connectivity index (χ3v) is 3.37. The molecule has 104 valence electrons. The standard InChI is InChI=1S/C13H17BrN2O3/c14-10-1-3-12(4-2-10)19-9-11(17)7-16-6-5-15-13(18)8-16/h1-4,11,17H,5-9H2,(H,15,18). The van der Waals surface area contributed by atoms with Gasteiger partial charge in [0.15, 0.2) is 0 Å². The molecule has 0 spiro atoms. The van der Waals surface area contributed by atoms with Crippen LogP contribution in [-0.2, 0) is 4.79 Å². The molecule has 0 aromatic heterocycles. The van der Waals surface area contributed by atoms with Crippen molar-refractivity contribution in [1.29, 1.82) is 0 Å². The minimum atomic E-state index is -0.602. The molecule has 1 amide bonds. The number of β-amino-alcohol motifs (C(OH)–C–C–N with tert-alkyl or cyclic N) is 1. The number of carbonyl (C=O) groups is 1. The average Bonchev–Trinajstić information content (AvgIpc) is 2.38.